The summed E-state index contributed by atoms with van der Waals surface area (Å²) in [5, 5.41) is 0.654. The quantitative estimate of drug-likeness (QED) is 0.486. The van der Waals surface area contributed by atoms with Gasteiger partial charge in [-0.3, -0.25) is 9.69 Å². The normalized spacial score (nSPS) is 16.4. The number of amides is 1. The third-order valence-electron chi connectivity index (χ3n) is 4.43. The van der Waals surface area contributed by atoms with E-state index in [9.17, 15) is 9.59 Å². The van der Waals surface area contributed by atoms with E-state index in [4.69, 9.17) is 14.5 Å². The highest BCUT2D eigenvalue weighted by atomic mass is 32.2. The van der Waals surface area contributed by atoms with Crippen molar-refractivity contribution in [2.24, 2.45) is 4.99 Å². The first-order valence-electron chi connectivity index (χ1n) is 9.74. The maximum absolute atomic E-state index is 12.7. The summed E-state index contributed by atoms with van der Waals surface area (Å²) in [4.78, 5) is 30.9. The fraction of sp³-hybridized carbons (Fsp3) is 0.261. The monoisotopic (exact) mass is 424 g/mol. The first-order valence-corrected chi connectivity index (χ1v) is 10.6. The van der Waals surface area contributed by atoms with Crippen molar-refractivity contribution in [2.75, 3.05) is 20.3 Å². The molecule has 30 heavy (non-hydrogen) atoms. The van der Waals surface area contributed by atoms with Gasteiger partial charge in [-0.1, -0.05) is 37.3 Å². The number of para-hydroxylation sites is 1. The smallest absolute Gasteiger partial charge is 0.344 e. The summed E-state index contributed by atoms with van der Waals surface area (Å²) in [7, 11) is 1.73. The van der Waals surface area contributed by atoms with Gasteiger partial charge in [0.25, 0.3) is 5.91 Å². The number of carbonyl (C=O) groups is 2. The standard InChI is InChI=1S/C23H24N2O4S/c1-4-17-8-6-7-9-19(17)24-23-25(3)22(27)20(30-23)14-16-10-12-18(13-11-16)29-15-21(26)28-5-2/h6-14H,4-5,15H2,1-3H3/b20-14-,24-23?. The van der Waals surface area contributed by atoms with Gasteiger partial charge in [0.15, 0.2) is 11.8 Å². The van der Waals surface area contributed by atoms with Crippen molar-refractivity contribution < 1.29 is 19.1 Å². The number of carbonyl (C=O) groups excluding carboxylic acids is 2. The molecule has 1 aliphatic rings. The minimum Gasteiger partial charge on any atom is -0.482 e. The molecule has 3 rings (SSSR count). The van der Waals surface area contributed by atoms with Crippen molar-refractivity contribution >= 4 is 40.6 Å². The van der Waals surface area contributed by atoms with E-state index in [0.717, 1.165) is 23.2 Å². The Kier molecular flexibility index (Phi) is 7.30. The molecule has 1 heterocycles. The van der Waals surface area contributed by atoms with Crippen LogP contribution in [0.15, 0.2) is 58.4 Å². The molecular weight excluding hydrogens is 400 g/mol. The third kappa shape index (κ3) is 5.30. The molecule has 0 aliphatic carbocycles. The summed E-state index contributed by atoms with van der Waals surface area (Å²) < 4.78 is 10.2. The van der Waals surface area contributed by atoms with Crippen LogP contribution in [0.5, 0.6) is 5.75 Å². The molecule has 7 heteroatoms. The highest BCUT2D eigenvalue weighted by Gasteiger charge is 2.30. The number of aryl methyl sites for hydroxylation is 1. The van der Waals surface area contributed by atoms with Crippen LogP contribution >= 0.6 is 11.8 Å². The fourth-order valence-electron chi connectivity index (χ4n) is 2.83. The van der Waals surface area contributed by atoms with E-state index < -0.39 is 5.97 Å². The van der Waals surface area contributed by atoms with Gasteiger partial charge in [0, 0.05) is 7.05 Å². The van der Waals surface area contributed by atoms with E-state index in [0.29, 0.717) is 22.4 Å². The second kappa shape index (κ2) is 10.1. The maximum atomic E-state index is 12.7. The molecule has 1 aliphatic heterocycles. The predicted molar refractivity (Wildman–Crippen MR) is 120 cm³/mol. The van der Waals surface area contributed by atoms with E-state index in [1.807, 2.05) is 42.5 Å². The SMILES string of the molecule is CCOC(=O)COc1ccc(/C=C2\SC(=Nc3ccccc3CC)N(C)C2=O)cc1. The lowest BCUT2D eigenvalue weighted by Gasteiger charge is -2.08. The van der Waals surface area contributed by atoms with Crippen LogP contribution in [0.1, 0.15) is 25.0 Å². The molecule has 0 radical (unpaired) electrons. The largest absolute Gasteiger partial charge is 0.482 e. The lowest BCUT2D eigenvalue weighted by Crippen LogP contribution is -2.23. The molecule has 0 atom stereocenters. The summed E-state index contributed by atoms with van der Waals surface area (Å²) in [5.74, 6) is 0.0673. The minimum atomic E-state index is -0.406. The summed E-state index contributed by atoms with van der Waals surface area (Å²) >= 11 is 1.35. The number of benzene rings is 2. The van der Waals surface area contributed by atoms with Crippen LogP contribution in [-0.4, -0.2) is 42.2 Å². The topological polar surface area (TPSA) is 68.2 Å². The third-order valence-corrected chi connectivity index (χ3v) is 5.49. The summed E-state index contributed by atoms with van der Waals surface area (Å²) in [6.45, 7) is 4.02. The summed E-state index contributed by atoms with van der Waals surface area (Å²) in [6.07, 6.45) is 2.70. The molecule has 2 aromatic carbocycles. The van der Waals surface area contributed by atoms with E-state index in [1.165, 1.54) is 11.8 Å². The van der Waals surface area contributed by atoms with Crippen LogP contribution in [0.2, 0.25) is 0 Å². The summed E-state index contributed by atoms with van der Waals surface area (Å²) in [6, 6.07) is 15.1. The van der Waals surface area contributed by atoms with Crippen LogP contribution in [0.4, 0.5) is 5.69 Å². The zero-order valence-electron chi connectivity index (χ0n) is 17.3. The highest BCUT2D eigenvalue weighted by Crippen LogP contribution is 2.34. The fourth-order valence-corrected chi connectivity index (χ4v) is 3.81. The molecule has 0 N–H and O–H groups in total. The number of likely N-dealkylation sites (N-methyl/N-ethyl adjacent to an activating group) is 1. The van der Waals surface area contributed by atoms with Crippen molar-refractivity contribution in [2.45, 2.75) is 20.3 Å². The maximum Gasteiger partial charge on any atom is 0.344 e. The molecule has 0 unspecified atom stereocenters. The Balaban J connectivity index is 1.72. The van der Waals surface area contributed by atoms with Crippen LogP contribution in [0.3, 0.4) is 0 Å². The minimum absolute atomic E-state index is 0.0876. The van der Waals surface area contributed by atoms with Gasteiger partial charge in [0.05, 0.1) is 17.2 Å². The molecular formula is C23H24N2O4S. The van der Waals surface area contributed by atoms with Crippen molar-refractivity contribution in [3.63, 3.8) is 0 Å². The average molecular weight is 425 g/mol. The van der Waals surface area contributed by atoms with Gasteiger partial charge in [-0.25, -0.2) is 9.79 Å². The number of ether oxygens (including phenoxy) is 2. The average Bonchev–Trinajstić information content (AvgIpc) is 3.01. The van der Waals surface area contributed by atoms with E-state index in [1.54, 1.807) is 31.0 Å². The Morgan fingerprint density at radius 2 is 1.87 bits per heavy atom. The number of thioether (sulfide) groups is 1. The van der Waals surface area contributed by atoms with Gasteiger partial charge in [0.1, 0.15) is 5.75 Å². The predicted octanol–water partition coefficient (Wildman–Crippen LogP) is 4.42. The number of nitrogens with zero attached hydrogens (tertiary/aromatic N) is 2. The van der Waals surface area contributed by atoms with Crippen LogP contribution in [0, 0.1) is 0 Å². The number of hydrogen-bond donors (Lipinski definition) is 0. The van der Waals surface area contributed by atoms with Crippen LogP contribution < -0.4 is 4.74 Å². The van der Waals surface area contributed by atoms with Gasteiger partial charge in [-0.05, 0) is 60.5 Å². The van der Waals surface area contributed by atoms with Gasteiger partial charge in [0.2, 0.25) is 0 Å². The van der Waals surface area contributed by atoms with Gasteiger partial charge in [-0.2, -0.15) is 0 Å². The molecule has 0 spiro atoms. The van der Waals surface area contributed by atoms with Gasteiger partial charge in [-0.15, -0.1) is 0 Å². The first kappa shape index (κ1) is 21.6. The second-order valence-corrected chi connectivity index (χ2v) is 7.52. The lowest BCUT2D eigenvalue weighted by molar-refractivity contribution is -0.145. The number of aliphatic imine (C=N–C) groups is 1. The van der Waals surface area contributed by atoms with E-state index in [2.05, 4.69) is 6.92 Å². The molecule has 0 bridgehead atoms. The van der Waals surface area contributed by atoms with Crippen molar-refractivity contribution in [1.82, 2.24) is 4.90 Å². The molecule has 2 aromatic rings. The van der Waals surface area contributed by atoms with Crippen LogP contribution in [0.25, 0.3) is 6.08 Å². The van der Waals surface area contributed by atoms with E-state index >= 15 is 0 Å². The Hall–Kier alpha value is -3.06. The zero-order chi connectivity index (χ0) is 21.5. The van der Waals surface area contributed by atoms with Crippen LogP contribution in [-0.2, 0) is 20.7 Å². The zero-order valence-corrected chi connectivity index (χ0v) is 18.1. The van der Waals surface area contributed by atoms with Gasteiger partial charge < -0.3 is 9.47 Å². The first-order chi connectivity index (χ1) is 14.5. The molecule has 1 amide bonds. The Labute approximate surface area is 180 Å². The molecule has 0 saturated carbocycles. The molecule has 0 aromatic heterocycles. The number of hydrogen-bond acceptors (Lipinski definition) is 6. The Bertz CT molecular complexity index is 983. The second-order valence-electron chi connectivity index (χ2n) is 6.51. The molecule has 1 saturated heterocycles. The highest BCUT2D eigenvalue weighted by molar-refractivity contribution is 8.18. The van der Waals surface area contributed by atoms with Crippen molar-refractivity contribution in [3.8, 4) is 5.75 Å². The lowest BCUT2D eigenvalue weighted by atomic mass is 10.1. The number of esters is 1. The van der Waals surface area contributed by atoms with E-state index in [-0.39, 0.29) is 12.5 Å². The Morgan fingerprint density at radius 3 is 2.57 bits per heavy atom. The van der Waals surface area contributed by atoms with Crippen molar-refractivity contribution in [1.29, 1.82) is 0 Å². The van der Waals surface area contributed by atoms with Gasteiger partial charge >= 0.3 is 5.97 Å². The van der Waals surface area contributed by atoms with Crippen molar-refractivity contribution in [3.05, 3.63) is 64.6 Å². The molecule has 6 nitrogen and oxygen atoms in total. The number of rotatable bonds is 7. The molecule has 1 fully saturated rings. The summed E-state index contributed by atoms with van der Waals surface area (Å²) in [5.41, 5.74) is 2.88. The Morgan fingerprint density at radius 1 is 1.13 bits per heavy atom. The molecule has 156 valence electrons. The number of amidine groups is 1.